The first kappa shape index (κ1) is 13.3. The van der Waals surface area contributed by atoms with Crippen LogP contribution in [0.1, 0.15) is 18.9 Å². The van der Waals surface area contributed by atoms with E-state index in [1.807, 2.05) is 37.3 Å². The van der Waals surface area contributed by atoms with Crippen molar-refractivity contribution in [2.45, 2.75) is 25.9 Å². The average molecular weight is 259 g/mol. The summed E-state index contributed by atoms with van der Waals surface area (Å²) in [6.07, 6.45) is 0.255. The number of benzene rings is 1. The SMILES string of the molecule is CC(CC(N)=O)NCc1cc2ccccc2[nH]c1=O. The van der Waals surface area contributed by atoms with Gasteiger partial charge in [0.15, 0.2) is 0 Å². The van der Waals surface area contributed by atoms with Crippen molar-refractivity contribution < 1.29 is 4.79 Å². The number of nitrogens with two attached hydrogens (primary N) is 1. The number of aromatic nitrogens is 1. The number of nitrogens with one attached hydrogen (secondary N) is 2. The summed E-state index contributed by atoms with van der Waals surface area (Å²) in [6.45, 7) is 2.27. The minimum atomic E-state index is -0.354. The Morgan fingerprint density at radius 3 is 2.89 bits per heavy atom. The van der Waals surface area contributed by atoms with Crippen LogP contribution in [-0.2, 0) is 11.3 Å². The number of fused-ring (bicyclic) bond motifs is 1. The Morgan fingerprint density at radius 1 is 1.42 bits per heavy atom. The zero-order valence-electron chi connectivity index (χ0n) is 10.8. The van der Waals surface area contributed by atoms with Gasteiger partial charge in [0.2, 0.25) is 5.91 Å². The van der Waals surface area contributed by atoms with E-state index in [0.717, 1.165) is 10.9 Å². The van der Waals surface area contributed by atoms with Crippen LogP contribution in [0.15, 0.2) is 35.1 Å². The van der Waals surface area contributed by atoms with Gasteiger partial charge >= 0.3 is 0 Å². The number of primary amides is 1. The topological polar surface area (TPSA) is 88.0 Å². The zero-order chi connectivity index (χ0) is 13.8. The van der Waals surface area contributed by atoms with Crippen molar-refractivity contribution in [3.8, 4) is 0 Å². The lowest BCUT2D eigenvalue weighted by Crippen LogP contribution is -2.32. The van der Waals surface area contributed by atoms with Crippen molar-refractivity contribution >= 4 is 16.8 Å². The van der Waals surface area contributed by atoms with Crippen LogP contribution in [0.25, 0.3) is 10.9 Å². The molecule has 5 nitrogen and oxygen atoms in total. The Bertz CT molecular complexity index is 648. The molecule has 1 atom stereocenters. The summed E-state index contributed by atoms with van der Waals surface area (Å²) in [6, 6.07) is 9.42. The first-order valence-electron chi connectivity index (χ1n) is 6.19. The Morgan fingerprint density at radius 2 is 2.16 bits per heavy atom. The molecule has 0 saturated carbocycles. The molecule has 0 aliphatic carbocycles. The highest BCUT2D eigenvalue weighted by molar-refractivity contribution is 5.78. The number of pyridine rings is 1. The van der Waals surface area contributed by atoms with Crippen LogP contribution in [0, 0.1) is 0 Å². The molecular formula is C14H17N3O2. The summed E-state index contributed by atoms with van der Waals surface area (Å²) in [4.78, 5) is 25.5. The summed E-state index contributed by atoms with van der Waals surface area (Å²) in [5.74, 6) is -0.354. The Kier molecular flexibility index (Phi) is 3.97. The molecule has 19 heavy (non-hydrogen) atoms. The summed E-state index contributed by atoms with van der Waals surface area (Å²) in [5.41, 5.74) is 6.48. The fourth-order valence-electron chi connectivity index (χ4n) is 1.98. The summed E-state index contributed by atoms with van der Waals surface area (Å²) >= 11 is 0. The van der Waals surface area contributed by atoms with Crippen LogP contribution in [0.3, 0.4) is 0 Å². The van der Waals surface area contributed by atoms with Gasteiger partial charge in [-0.1, -0.05) is 18.2 Å². The molecule has 1 aromatic carbocycles. The average Bonchev–Trinajstić information content (AvgIpc) is 2.35. The van der Waals surface area contributed by atoms with Crippen molar-refractivity contribution in [3.05, 3.63) is 46.2 Å². The Balaban J connectivity index is 2.14. The number of hydrogen-bond donors (Lipinski definition) is 3. The van der Waals surface area contributed by atoms with Gasteiger partial charge in [0.1, 0.15) is 0 Å². The summed E-state index contributed by atoms with van der Waals surface area (Å²) < 4.78 is 0. The first-order valence-corrected chi connectivity index (χ1v) is 6.19. The maximum absolute atomic E-state index is 11.9. The quantitative estimate of drug-likeness (QED) is 0.745. The smallest absolute Gasteiger partial charge is 0.252 e. The molecule has 1 aromatic heterocycles. The number of carbonyl (C=O) groups excluding carboxylic acids is 1. The number of amides is 1. The first-order chi connectivity index (χ1) is 9.06. The number of H-pyrrole nitrogens is 1. The van der Waals surface area contributed by atoms with E-state index in [2.05, 4.69) is 10.3 Å². The number of rotatable bonds is 5. The number of carbonyl (C=O) groups is 1. The minimum Gasteiger partial charge on any atom is -0.370 e. The lowest BCUT2D eigenvalue weighted by Gasteiger charge is -2.11. The molecule has 0 bridgehead atoms. The summed E-state index contributed by atoms with van der Waals surface area (Å²) in [5, 5.41) is 4.10. The largest absolute Gasteiger partial charge is 0.370 e. The Hall–Kier alpha value is -2.14. The van der Waals surface area contributed by atoms with Crippen LogP contribution < -0.4 is 16.6 Å². The van der Waals surface area contributed by atoms with Gasteiger partial charge in [0, 0.05) is 30.1 Å². The van der Waals surface area contributed by atoms with Gasteiger partial charge in [0.25, 0.3) is 5.56 Å². The number of hydrogen-bond acceptors (Lipinski definition) is 3. The molecule has 1 unspecified atom stereocenters. The lowest BCUT2D eigenvalue weighted by molar-refractivity contribution is -0.118. The fraction of sp³-hybridized carbons (Fsp3) is 0.286. The van der Waals surface area contributed by atoms with E-state index in [9.17, 15) is 9.59 Å². The predicted octanol–water partition coefficient (Wildman–Crippen LogP) is 0.882. The van der Waals surface area contributed by atoms with Crippen LogP contribution in [0.2, 0.25) is 0 Å². The molecular weight excluding hydrogens is 242 g/mol. The van der Waals surface area contributed by atoms with Gasteiger partial charge in [-0.15, -0.1) is 0 Å². The molecule has 2 rings (SSSR count). The van der Waals surface area contributed by atoms with E-state index in [0.29, 0.717) is 12.1 Å². The van der Waals surface area contributed by atoms with E-state index < -0.39 is 0 Å². The van der Waals surface area contributed by atoms with Gasteiger partial charge < -0.3 is 16.0 Å². The molecule has 100 valence electrons. The third-order valence-electron chi connectivity index (χ3n) is 2.98. The highest BCUT2D eigenvalue weighted by atomic mass is 16.1. The molecule has 0 spiro atoms. The highest BCUT2D eigenvalue weighted by Gasteiger charge is 2.07. The monoisotopic (exact) mass is 259 g/mol. The maximum Gasteiger partial charge on any atom is 0.252 e. The number of aromatic amines is 1. The molecule has 0 radical (unpaired) electrons. The third-order valence-corrected chi connectivity index (χ3v) is 2.98. The van der Waals surface area contributed by atoms with Crippen molar-refractivity contribution in [1.82, 2.24) is 10.3 Å². The van der Waals surface area contributed by atoms with Gasteiger partial charge in [-0.05, 0) is 24.4 Å². The van der Waals surface area contributed by atoms with Crippen LogP contribution in [0.5, 0.6) is 0 Å². The van der Waals surface area contributed by atoms with Crippen molar-refractivity contribution in [3.63, 3.8) is 0 Å². The minimum absolute atomic E-state index is 0.0524. The van der Waals surface area contributed by atoms with E-state index in [1.54, 1.807) is 0 Å². The molecule has 2 aromatic rings. The molecule has 5 heteroatoms. The molecule has 1 amide bonds. The molecule has 1 heterocycles. The normalized spacial score (nSPS) is 12.5. The second-order valence-corrected chi connectivity index (χ2v) is 4.66. The van der Waals surface area contributed by atoms with E-state index in [4.69, 9.17) is 5.73 Å². The van der Waals surface area contributed by atoms with Gasteiger partial charge in [-0.25, -0.2) is 0 Å². The fourth-order valence-corrected chi connectivity index (χ4v) is 1.98. The van der Waals surface area contributed by atoms with Crippen molar-refractivity contribution in [2.75, 3.05) is 0 Å². The second-order valence-electron chi connectivity index (χ2n) is 4.66. The van der Waals surface area contributed by atoms with Crippen LogP contribution in [0.4, 0.5) is 0 Å². The predicted molar refractivity (Wildman–Crippen MR) is 74.7 cm³/mol. The molecule has 0 aliphatic heterocycles. The standard InChI is InChI=1S/C14H17N3O2/c1-9(6-13(15)18)16-8-11-7-10-4-2-3-5-12(10)17-14(11)19/h2-5,7,9,16H,6,8H2,1H3,(H2,15,18)(H,17,19). The van der Waals surface area contributed by atoms with E-state index in [-0.39, 0.29) is 23.9 Å². The molecule has 0 saturated heterocycles. The third kappa shape index (κ3) is 3.42. The molecule has 4 N–H and O–H groups in total. The van der Waals surface area contributed by atoms with Crippen LogP contribution >= 0.6 is 0 Å². The van der Waals surface area contributed by atoms with Crippen molar-refractivity contribution in [2.24, 2.45) is 5.73 Å². The molecule has 0 aliphatic rings. The van der Waals surface area contributed by atoms with Gasteiger partial charge in [-0.3, -0.25) is 9.59 Å². The van der Waals surface area contributed by atoms with Gasteiger partial charge in [-0.2, -0.15) is 0 Å². The van der Waals surface area contributed by atoms with Crippen molar-refractivity contribution in [1.29, 1.82) is 0 Å². The van der Waals surface area contributed by atoms with E-state index >= 15 is 0 Å². The maximum atomic E-state index is 11.9. The Labute approximate surface area is 110 Å². The number of para-hydroxylation sites is 1. The highest BCUT2D eigenvalue weighted by Crippen LogP contribution is 2.10. The zero-order valence-corrected chi connectivity index (χ0v) is 10.8. The summed E-state index contributed by atoms with van der Waals surface area (Å²) in [7, 11) is 0. The second kappa shape index (κ2) is 5.67. The van der Waals surface area contributed by atoms with Gasteiger partial charge in [0.05, 0.1) is 0 Å². The van der Waals surface area contributed by atoms with E-state index in [1.165, 1.54) is 0 Å². The lowest BCUT2D eigenvalue weighted by atomic mass is 10.1. The molecule has 0 fully saturated rings. The van der Waals surface area contributed by atoms with Crippen LogP contribution in [-0.4, -0.2) is 16.9 Å².